The zero-order valence-corrected chi connectivity index (χ0v) is 14.5. The fourth-order valence-electron chi connectivity index (χ4n) is 4.01. The van der Waals surface area contributed by atoms with Gasteiger partial charge in [0.15, 0.2) is 4.67 Å². The molecule has 2 heterocycles. The van der Waals surface area contributed by atoms with E-state index in [4.69, 9.17) is 9.15 Å². The first-order valence-corrected chi connectivity index (χ1v) is 9.14. The summed E-state index contributed by atoms with van der Waals surface area (Å²) < 4.78 is 12.9. The number of halogens is 1. The van der Waals surface area contributed by atoms with Crippen molar-refractivity contribution in [1.82, 2.24) is 5.32 Å². The third-order valence-corrected chi connectivity index (χ3v) is 5.46. The van der Waals surface area contributed by atoms with E-state index in [9.17, 15) is 0 Å². The number of nitrogens with one attached hydrogen (secondary N) is 1. The van der Waals surface area contributed by atoms with Gasteiger partial charge in [0.25, 0.3) is 0 Å². The van der Waals surface area contributed by atoms with Crippen LogP contribution in [0.3, 0.4) is 0 Å². The van der Waals surface area contributed by atoms with Crippen LogP contribution in [0.1, 0.15) is 63.7 Å². The first kappa shape index (κ1) is 15.6. The van der Waals surface area contributed by atoms with Gasteiger partial charge in [0.2, 0.25) is 0 Å². The molecule has 2 atom stereocenters. The molecule has 2 aliphatic rings. The Kier molecular flexibility index (Phi) is 5.07. The average molecular weight is 356 g/mol. The molecule has 0 amide bonds. The second kappa shape index (κ2) is 6.84. The first-order valence-electron chi connectivity index (χ1n) is 8.35. The Morgan fingerprint density at radius 3 is 2.86 bits per heavy atom. The van der Waals surface area contributed by atoms with Gasteiger partial charge in [-0.3, -0.25) is 0 Å². The van der Waals surface area contributed by atoms with E-state index in [0.29, 0.717) is 12.0 Å². The number of hydrogen-bond acceptors (Lipinski definition) is 3. The third-order valence-electron chi connectivity index (χ3n) is 5.03. The minimum absolute atomic E-state index is 0.166. The van der Waals surface area contributed by atoms with Crippen molar-refractivity contribution in [1.29, 1.82) is 0 Å². The molecular formula is C17H26BrNO2. The number of rotatable bonds is 5. The summed E-state index contributed by atoms with van der Waals surface area (Å²) in [6, 6.07) is 4.42. The molecule has 1 N–H and O–H groups in total. The van der Waals surface area contributed by atoms with E-state index in [-0.39, 0.29) is 5.60 Å². The number of furan rings is 1. The van der Waals surface area contributed by atoms with Crippen LogP contribution in [0.4, 0.5) is 0 Å². The van der Waals surface area contributed by atoms with Crippen molar-refractivity contribution in [2.45, 2.75) is 63.5 Å². The van der Waals surface area contributed by atoms with Gasteiger partial charge in [0, 0.05) is 6.61 Å². The molecule has 1 aromatic heterocycles. The number of hydrogen-bond donors (Lipinski definition) is 1. The molecule has 1 saturated heterocycles. The van der Waals surface area contributed by atoms with Crippen LogP contribution in [-0.4, -0.2) is 18.8 Å². The Bertz CT molecular complexity index is 453. The summed E-state index contributed by atoms with van der Waals surface area (Å²) >= 11 is 3.43. The van der Waals surface area contributed by atoms with Gasteiger partial charge in [-0.15, -0.1) is 0 Å². The molecule has 0 aromatic carbocycles. The van der Waals surface area contributed by atoms with E-state index >= 15 is 0 Å². The van der Waals surface area contributed by atoms with Crippen LogP contribution in [0.25, 0.3) is 0 Å². The molecule has 3 nitrogen and oxygen atoms in total. The van der Waals surface area contributed by atoms with E-state index in [1.165, 1.54) is 32.1 Å². The van der Waals surface area contributed by atoms with Gasteiger partial charge in [0.05, 0.1) is 11.6 Å². The molecule has 4 heteroatoms. The summed E-state index contributed by atoms with van der Waals surface area (Å²) in [5, 5.41) is 3.70. The summed E-state index contributed by atoms with van der Waals surface area (Å²) in [5.74, 6) is 1.68. The summed E-state index contributed by atoms with van der Waals surface area (Å²) in [6.07, 6.45) is 8.58. The Hall–Kier alpha value is -0.320. The van der Waals surface area contributed by atoms with Crippen LogP contribution in [-0.2, 0) is 4.74 Å². The molecule has 0 radical (unpaired) electrons. The van der Waals surface area contributed by atoms with E-state index in [2.05, 4.69) is 34.2 Å². The second-order valence-corrected chi connectivity index (χ2v) is 7.35. The van der Waals surface area contributed by atoms with Gasteiger partial charge in [-0.25, -0.2) is 0 Å². The molecule has 1 saturated carbocycles. The largest absolute Gasteiger partial charge is 0.453 e. The highest BCUT2D eigenvalue weighted by molar-refractivity contribution is 9.10. The molecule has 3 rings (SSSR count). The average Bonchev–Trinajstić information content (AvgIpc) is 3.10. The third kappa shape index (κ3) is 3.54. The lowest BCUT2D eigenvalue weighted by Crippen LogP contribution is -2.42. The maximum atomic E-state index is 6.18. The highest BCUT2D eigenvalue weighted by Crippen LogP contribution is 2.45. The van der Waals surface area contributed by atoms with Crippen molar-refractivity contribution in [2.75, 3.05) is 13.2 Å². The molecule has 2 fully saturated rings. The summed E-state index contributed by atoms with van der Waals surface area (Å²) in [6.45, 7) is 4.15. The van der Waals surface area contributed by atoms with Crippen LogP contribution in [0.2, 0.25) is 0 Å². The lowest BCUT2D eigenvalue weighted by Gasteiger charge is -2.41. The Morgan fingerprint density at radius 2 is 2.19 bits per heavy atom. The zero-order valence-electron chi connectivity index (χ0n) is 12.9. The van der Waals surface area contributed by atoms with Crippen molar-refractivity contribution in [3.8, 4) is 0 Å². The van der Waals surface area contributed by atoms with Crippen LogP contribution >= 0.6 is 15.9 Å². The summed E-state index contributed by atoms with van der Waals surface area (Å²) in [5.41, 5.74) is 0.166. The second-order valence-electron chi connectivity index (χ2n) is 6.57. The van der Waals surface area contributed by atoms with Crippen LogP contribution in [0.15, 0.2) is 21.2 Å². The molecule has 21 heavy (non-hydrogen) atoms. The van der Waals surface area contributed by atoms with Crippen molar-refractivity contribution < 1.29 is 9.15 Å². The van der Waals surface area contributed by atoms with Crippen LogP contribution in [0, 0.1) is 5.92 Å². The van der Waals surface area contributed by atoms with Crippen LogP contribution < -0.4 is 5.32 Å². The Morgan fingerprint density at radius 1 is 1.38 bits per heavy atom. The lowest BCUT2D eigenvalue weighted by atomic mass is 9.80. The Labute approximate surface area is 135 Å². The first-order chi connectivity index (χ1) is 10.2. The smallest absolute Gasteiger partial charge is 0.169 e. The number of ether oxygens (including phenoxy) is 1. The van der Waals surface area contributed by atoms with Crippen molar-refractivity contribution in [3.05, 3.63) is 22.6 Å². The molecule has 0 bridgehead atoms. The predicted molar refractivity (Wildman–Crippen MR) is 87.3 cm³/mol. The quantitative estimate of drug-likeness (QED) is 0.821. The molecule has 1 aromatic rings. The van der Waals surface area contributed by atoms with Gasteiger partial charge in [-0.05, 0) is 72.6 Å². The zero-order chi connectivity index (χ0) is 14.7. The predicted octanol–water partition coefficient (Wildman–Crippen LogP) is 4.82. The fourth-order valence-corrected chi connectivity index (χ4v) is 4.33. The van der Waals surface area contributed by atoms with E-state index in [0.717, 1.165) is 36.4 Å². The van der Waals surface area contributed by atoms with Crippen molar-refractivity contribution in [2.24, 2.45) is 5.92 Å². The highest BCUT2D eigenvalue weighted by atomic mass is 79.9. The van der Waals surface area contributed by atoms with Gasteiger partial charge in [-0.2, -0.15) is 0 Å². The van der Waals surface area contributed by atoms with E-state index in [1.807, 2.05) is 6.07 Å². The van der Waals surface area contributed by atoms with E-state index in [1.54, 1.807) is 0 Å². The van der Waals surface area contributed by atoms with Crippen LogP contribution in [0.5, 0.6) is 0 Å². The maximum absolute atomic E-state index is 6.18. The lowest BCUT2D eigenvalue weighted by molar-refractivity contribution is -0.0991. The van der Waals surface area contributed by atoms with E-state index < -0.39 is 0 Å². The minimum Gasteiger partial charge on any atom is -0.453 e. The molecule has 2 unspecified atom stereocenters. The van der Waals surface area contributed by atoms with Gasteiger partial charge in [0.1, 0.15) is 5.76 Å². The molecule has 1 spiro atoms. The fraction of sp³-hybridized carbons (Fsp3) is 0.765. The Balaban J connectivity index is 1.75. The minimum atomic E-state index is 0.166. The molecular weight excluding hydrogens is 330 g/mol. The SMILES string of the molecule is CCCNC(c1ccc(Br)o1)C1CCOC2(CCCC2)C1. The maximum Gasteiger partial charge on any atom is 0.169 e. The molecule has 118 valence electrons. The van der Waals surface area contributed by atoms with Gasteiger partial charge < -0.3 is 14.5 Å². The normalized spacial score (nSPS) is 26.3. The monoisotopic (exact) mass is 355 g/mol. The highest BCUT2D eigenvalue weighted by Gasteiger charge is 2.42. The summed E-state index contributed by atoms with van der Waals surface area (Å²) in [7, 11) is 0. The standard InChI is InChI=1S/C17H26BrNO2/c1-2-10-19-16(14-5-6-15(18)21-14)13-7-11-20-17(12-13)8-3-4-9-17/h5-6,13,16,19H,2-4,7-12H2,1H3. The van der Waals surface area contributed by atoms with Gasteiger partial charge in [-0.1, -0.05) is 19.8 Å². The van der Waals surface area contributed by atoms with Crippen molar-refractivity contribution >= 4 is 15.9 Å². The summed E-state index contributed by atoms with van der Waals surface area (Å²) in [4.78, 5) is 0. The molecule has 1 aliphatic heterocycles. The molecule has 1 aliphatic carbocycles. The van der Waals surface area contributed by atoms with Gasteiger partial charge >= 0.3 is 0 Å². The topological polar surface area (TPSA) is 34.4 Å². The van der Waals surface area contributed by atoms with Crippen molar-refractivity contribution in [3.63, 3.8) is 0 Å².